The molecule has 33 heavy (non-hydrogen) atoms. The molecule has 1 fully saturated rings. The summed E-state index contributed by atoms with van der Waals surface area (Å²) in [6, 6.07) is 6.63. The van der Waals surface area contributed by atoms with Crippen LogP contribution >= 0.6 is 11.6 Å². The molecule has 0 N–H and O–H groups in total. The highest BCUT2D eigenvalue weighted by Gasteiger charge is 2.31. The zero-order valence-electron chi connectivity index (χ0n) is 19.0. The summed E-state index contributed by atoms with van der Waals surface area (Å²) in [5.74, 6) is -0.303. The first kappa shape index (κ1) is 21.9. The molecule has 4 aromatic rings. The summed E-state index contributed by atoms with van der Waals surface area (Å²) < 4.78 is 23.0. The number of pyridine rings is 1. The van der Waals surface area contributed by atoms with Crippen molar-refractivity contribution in [2.24, 2.45) is 7.05 Å². The fraction of sp³-hybridized carbons (Fsp3) is 0.360. The van der Waals surface area contributed by atoms with Crippen molar-refractivity contribution in [3.05, 3.63) is 70.1 Å². The van der Waals surface area contributed by atoms with Gasteiger partial charge in [0.1, 0.15) is 17.0 Å². The van der Waals surface area contributed by atoms with Gasteiger partial charge < -0.3 is 4.74 Å². The van der Waals surface area contributed by atoms with Crippen LogP contribution in [0.15, 0.2) is 36.7 Å². The quantitative estimate of drug-likeness (QED) is 0.379. The maximum Gasteiger partial charge on any atom is 0.134 e. The molecule has 0 radical (unpaired) electrons. The van der Waals surface area contributed by atoms with Crippen LogP contribution in [0.25, 0.3) is 22.3 Å². The van der Waals surface area contributed by atoms with Crippen molar-refractivity contribution >= 4 is 22.6 Å². The second-order valence-electron chi connectivity index (χ2n) is 8.83. The van der Waals surface area contributed by atoms with Crippen LogP contribution < -0.4 is 0 Å². The number of hydrogen-bond donors (Lipinski definition) is 0. The van der Waals surface area contributed by atoms with E-state index in [0.29, 0.717) is 27.3 Å². The van der Waals surface area contributed by atoms with E-state index >= 15 is 0 Å². The Labute approximate surface area is 196 Å². The lowest BCUT2D eigenvalue weighted by Crippen LogP contribution is -2.25. The molecule has 0 saturated carbocycles. The van der Waals surface area contributed by atoms with Gasteiger partial charge in [0.15, 0.2) is 0 Å². The minimum absolute atomic E-state index is 0.0491. The molecule has 0 aliphatic carbocycles. The smallest absolute Gasteiger partial charge is 0.134 e. The van der Waals surface area contributed by atoms with E-state index in [1.807, 2.05) is 39.4 Å². The fourth-order valence-electron chi connectivity index (χ4n) is 4.54. The van der Waals surface area contributed by atoms with E-state index in [1.54, 1.807) is 16.8 Å². The Hall–Kier alpha value is -2.90. The normalized spacial score (nSPS) is 21.0. The van der Waals surface area contributed by atoms with Crippen LogP contribution in [-0.2, 0) is 11.8 Å². The summed E-state index contributed by atoms with van der Waals surface area (Å²) in [5, 5.41) is 4.63. The molecule has 4 heterocycles. The molecule has 0 amide bonds. The van der Waals surface area contributed by atoms with Crippen LogP contribution in [0.3, 0.4) is 0 Å². The third-order valence-corrected chi connectivity index (χ3v) is 6.53. The van der Waals surface area contributed by atoms with E-state index in [2.05, 4.69) is 12.0 Å². The van der Waals surface area contributed by atoms with Crippen LogP contribution in [0, 0.1) is 19.7 Å². The van der Waals surface area contributed by atoms with E-state index in [-0.39, 0.29) is 18.1 Å². The number of halogens is 2. The Bertz CT molecular complexity index is 1350. The highest BCUT2D eigenvalue weighted by Crippen LogP contribution is 2.41. The molecule has 1 aliphatic heterocycles. The first-order valence-corrected chi connectivity index (χ1v) is 11.4. The van der Waals surface area contributed by atoms with Gasteiger partial charge in [0.05, 0.1) is 35.3 Å². The van der Waals surface area contributed by atoms with Crippen LogP contribution in [0.5, 0.6) is 0 Å². The van der Waals surface area contributed by atoms with Crippen molar-refractivity contribution in [1.82, 2.24) is 24.7 Å². The second-order valence-corrected chi connectivity index (χ2v) is 9.27. The largest absolute Gasteiger partial charge is 0.370 e. The van der Waals surface area contributed by atoms with Crippen molar-refractivity contribution in [3.63, 3.8) is 0 Å². The van der Waals surface area contributed by atoms with E-state index in [1.165, 1.54) is 6.07 Å². The molecule has 0 unspecified atom stereocenters. The lowest BCUT2D eigenvalue weighted by atomic mass is 9.87. The summed E-state index contributed by atoms with van der Waals surface area (Å²) in [4.78, 5) is 14.5. The Kier molecular flexibility index (Phi) is 5.62. The SMILES string of the molecule is Cc1nc2cc([C@H]3C[C@@H](C)O[C@H](c4cnn(C)c4)C3)nc(-c3ccc(Cl)cc3F)c2nc1C. The number of fused-ring (bicyclic) bond motifs is 1. The fourth-order valence-corrected chi connectivity index (χ4v) is 4.70. The highest BCUT2D eigenvalue weighted by molar-refractivity contribution is 6.30. The zero-order valence-corrected chi connectivity index (χ0v) is 19.8. The first-order chi connectivity index (χ1) is 15.8. The molecule has 8 heteroatoms. The molecule has 3 aromatic heterocycles. The van der Waals surface area contributed by atoms with E-state index in [4.69, 9.17) is 31.3 Å². The highest BCUT2D eigenvalue weighted by atomic mass is 35.5. The maximum atomic E-state index is 15.0. The number of aryl methyl sites for hydroxylation is 3. The molecule has 6 nitrogen and oxygen atoms in total. The van der Waals surface area contributed by atoms with Crippen molar-refractivity contribution in [1.29, 1.82) is 0 Å². The van der Waals surface area contributed by atoms with Gasteiger partial charge in [-0.2, -0.15) is 5.10 Å². The Balaban J connectivity index is 1.64. The van der Waals surface area contributed by atoms with Crippen molar-refractivity contribution in [3.8, 4) is 11.3 Å². The monoisotopic (exact) mass is 465 g/mol. The van der Waals surface area contributed by atoms with Gasteiger partial charge in [-0.25, -0.2) is 19.3 Å². The number of ether oxygens (including phenoxy) is 1. The van der Waals surface area contributed by atoms with Gasteiger partial charge in [0, 0.05) is 41.0 Å². The summed E-state index contributed by atoms with van der Waals surface area (Å²) >= 11 is 6.00. The molecule has 170 valence electrons. The van der Waals surface area contributed by atoms with Crippen LogP contribution in [0.4, 0.5) is 4.39 Å². The number of hydrogen-bond acceptors (Lipinski definition) is 5. The molecular weight excluding hydrogens is 441 g/mol. The van der Waals surface area contributed by atoms with Gasteiger partial charge in [-0.15, -0.1) is 0 Å². The van der Waals surface area contributed by atoms with Gasteiger partial charge in [-0.1, -0.05) is 11.6 Å². The van der Waals surface area contributed by atoms with Crippen LogP contribution in [0.2, 0.25) is 5.02 Å². The molecule has 5 rings (SSSR count). The lowest BCUT2D eigenvalue weighted by molar-refractivity contribution is -0.0506. The summed E-state index contributed by atoms with van der Waals surface area (Å²) in [6.07, 6.45) is 5.38. The Morgan fingerprint density at radius 3 is 2.61 bits per heavy atom. The van der Waals surface area contributed by atoms with Gasteiger partial charge in [-0.05, 0) is 57.9 Å². The summed E-state index contributed by atoms with van der Waals surface area (Å²) in [6.45, 7) is 5.90. The predicted octanol–water partition coefficient (Wildman–Crippen LogP) is 5.86. The van der Waals surface area contributed by atoms with Crippen molar-refractivity contribution < 1.29 is 9.13 Å². The molecule has 1 saturated heterocycles. The molecule has 3 atom stereocenters. The van der Waals surface area contributed by atoms with Gasteiger partial charge in [0.25, 0.3) is 0 Å². The van der Waals surface area contributed by atoms with Gasteiger partial charge >= 0.3 is 0 Å². The Morgan fingerprint density at radius 2 is 1.88 bits per heavy atom. The minimum atomic E-state index is -0.429. The molecule has 0 bridgehead atoms. The molecular formula is C25H25ClFN5O. The molecule has 1 aromatic carbocycles. The average molecular weight is 466 g/mol. The second kappa shape index (κ2) is 8.47. The predicted molar refractivity (Wildman–Crippen MR) is 126 cm³/mol. The Morgan fingerprint density at radius 1 is 1.09 bits per heavy atom. The van der Waals surface area contributed by atoms with E-state index < -0.39 is 5.82 Å². The average Bonchev–Trinajstić information content (AvgIpc) is 3.20. The summed E-state index contributed by atoms with van der Waals surface area (Å²) in [7, 11) is 1.90. The van der Waals surface area contributed by atoms with E-state index in [0.717, 1.165) is 35.5 Å². The van der Waals surface area contributed by atoms with Crippen molar-refractivity contribution in [2.75, 3.05) is 0 Å². The molecule has 1 aliphatic rings. The standard InChI is InChI=1S/C25H25ClFN5O/c1-13-7-16(8-23(33-13)17-11-28-32(4)12-17)21-10-22-25(30-15(3)14(2)29-22)24(31-21)19-6-5-18(26)9-20(19)27/h5-6,9-13,16,23H,7-8H2,1-4H3/t13-,16+,23+/m1/s1. The van der Waals surface area contributed by atoms with Gasteiger partial charge in [-0.3, -0.25) is 4.68 Å². The number of nitrogens with zero attached hydrogens (tertiary/aromatic N) is 5. The first-order valence-electron chi connectivity index (χ1n) is 11.0. The topological polar surface area (TPSA) is 65.7 Å². The zero-order chi connectivity index (χ0) is 23.3. The third kappa shape index (κ3) is 4.23. The minimum Gasteiger partial charge on any atom is -0.370 e. The lowest BCUT2D eigenvalue weighted by Gasteiger charge is -2.33. The molecule has 0 spiro atoms. The third-order valence-electron chi connectivity index (χ3n) is 6.30. The van der Waals surface area contributed by atoms with Crippen molar-refractivity contribution in [2.45, 2.75) is 51.7 Å². The van der Waals surface area contributed by atoms with Crippen LogP contribution in [0.1, 0.15) is 54.4 Å². The van der Waals surface area contributed by atoms with Gasteiger partial charge in [0.2, 0.25) is 0 Å². The summed E-state index contributed by atoms with van der Waals surface area (Å²) in [5.41, 5.74) is 5.71. The van der Waals surface area contributed by atoms with E-state index in [9.17, 15) is 4.39 Å². The maximum absolute atomic E-state index is 15.0. The van der Waals surface area contributed by atoms with Crippen LogP contribution in [-0.4, -0.2) is 30.8 Å². The number of benzene rings is 1. The number of aromatic nitrogens is 5. The number of rotatable bonds is 3.